The van der Waals surface area contributed by atoms with Gasteiger partial charge in [-0.25, -0.2) is 12.7 Å². The predicted molar refractivity (Wildman–Crippen MR) is 90.9 cm³/mol. The topological polar surface area (TPSA) is 92.5 Å². The molecule has 6 nitrogen and oxygen atoms in total. The molecule has 0 saturated heterocycles. The van der Waals surface area contributed by atoms with E-state index in [0.29, 0.717) is 16.9 Å². The summed E-state index contributed by atoms with van der Waals surface area (Å²) in [6.07, 6.45) is 0. The number of hydrogen-bond acceptors (Lipinski definition) is 4. The number of rotatable bonds is 4. The molecule has 122 valence electrons. The third kappa shape index (κ3) is 3.69. The maximum Gasteiger partial charge on any atom is 0.255 e. The van der Waals surface area contributed by atoms with Crippen molar-refractivity contribution in [3.8, 4) is 0 Å². The van der Waals surface area contributed by atoms with Gasteiger partial charge in [-0.1, -0.05) is 6.07 Å². The largest absolute Gasteiger partial charge is 0.397 e. The fourth-order valence-electron chi connectivity index (χ4n) is 1.98. The molecule has 0 aliphatic heterocycles. The van der Waals surface area contributed by atoms with Crippen molar-refractivity contribution in [2.45, 2.75) is 11.8 Å². The van der Waals surface area contributed by atoms with Crippen molar-refractivity contribution in [2.24, 2.45) is 0 Å². The monoisotopic (exact) mass is 333 g/mol. The van der Waals surface area contributed by atoms with E-state index in [9.17, 15) is 13.2 Å². The van der Waals surface area contributed by atoms with Gasteiger partial charge in [0.2, 0.25) is 10.0 Å². The van der Waals surface area contributed by atoms with E-state index in [-0.39, 0.29) is 10.8 Å². The summed E-state index contributed by atoms with van der Waals surface area (Å²) >= 11 is 0. The fourth-order valence-corrected chi connectivity index (χ4v) is 2.88. The van der Waals surface area contributed by atoms with Crippen molar-refractivity contribution < 1.29 is 13.2 Å². The van der Waals surface area contributed by atoms with E-state index >= 15 is 0 Å². The van der Waals surface area contributed by atoms with E-state index in [0.717, 1.165) is 9.87 Å². The minimum atomic E-state index is -3.51. The molecule has 7 heteroatoms. The summed E-state index contributed by atoms with van der Waals surface area (Å²) in [5, 5.41) is 2.71. The quantitative estimate of drug-likeness (QED) is 0.838. The second kappa shape index (κ2) is 6.39. The highest BCUT2D eigenvalue weighted by molar-refractivity contribution is 7.89. The standard InChI is InChI=1S/C16H19N3O3S/c1-11-4-9-15(14(17)10-11)18-16(20)12-5-7-13(8-6-12)23(21,22)19(2)3/h4-10H,17H2,1-3H3,(H,18,20). The Labute approximate surface area is 136 Å². The third-order valence-electron chi connectivity index (χ3n) is 3.35. The van der Waals surface area contributed by atoms with Crippen LogP contribution in [0.5, 0.6) is 0 Å². The maximum absolute atomic E-state index is 12.2. The lowest BCUT2D eigenvalue weighted by Crippen LogP contribution is -2.22. The number of nitrogens with one attached hydrogen (secondary N) is 1. The number of aryl methyl sites for hydroxylation is 1. The lowest BCUT2D eigenvalue weighted by atomic mass is 10.1. The fraction of sp³-hybridized carbons (Fsp3) is 0.188. The SMILES string of the molecule is Cc1ccc(NC(=O)c2ccc(S(=O)(=O)N(C)C)cc2)c(N)c1. The third-order valence-corrected chi connectivity index (χ3v) is 5.18. The molecule has 2 rings (SSSR count). The van der Waals surface area contributed by atoms with Gasteiger partial charge in [0.05, 0.1) is 16.3 Å². The number of hydrogen-bond donors (Lipinski definition) is 2. The number of nitrogens with zero attached hydrogens (tertiary/aromatic N) is 1. The molecule has 0 aliphatic rings. The number of carbonyl (C=O) groups excluding carboxylic acids is 1. The zero-order valence-electron chi connectivity index (χ0n) is 13.2. The number of amides is 1. The normalized spacial score (nSPS) is 11.5. The average molecular weight is 333 g/mol. The minimum absolute atomic E-state index is 0.133. The highest BCUT2D eigenvalue weighted by Gasteiger charge is 2.17. The van der Waals surface area contributed by atoms with Crippen molar-refractivity contribution in [1.82, 2.24) is 4.31 Å². The molecular formula is C16H19N3O3S. The predicted octanol–water partition coefficient (Wildman–Crippen LogP) is 2.08. The molecule has 0 fully saturated rings. The van der Waals surface area contributed by atoms with Crippen molar-refractivity contribution in [3.63, 3.8) is 0 Å². The molecule has 23 heavy (non-hydrogen) atoms. The first-order valence-electron chi connectivity index (χ1n) is 6.92. The van der Waals surface area contributed by atoms with Crippen LogP contribution < -0.4 is 11.1 Å². The number of sulfonamides is 1. The van der Waals surface area contributed by atoms with Gasteiger partial charge in [0, 0.05) is 19.7 Å². The summed E-state index contributed by atoms with van der Waals surface area (Å²) < 4.78 is 25.1. The summed E-state index contributed by atoms with van der Waals surface area (Å²) in [6, 6.07) is 11.1. The molecule has 0 aliphatic carbocycles. The average Bonchev–Trinajstić information content (AvgIpc) is 2.50. The molecule has 0 heterocycles. The van der Waals surface area contributed by atoms with Gasteiger partial charge in [-0.2, -0.15) is 0 Å². The van der Waals surface area contributed by atoms with Crippen LogP contribution in [-0.4, -0.2) is 32.7 Å². The van der Waals surface area contributed by atoms with Crippen LogP contribution in [-0.2, 0) is 10.0 Å². The molecule has 0 radical (unpaired) electrons. The summed E-state index contributed by atoms with van der Waals surface area (Å²) in [6.45, 7) is 1.91. The number of anilines is 2. The number of nitrogens with two attached hydrogens (primary N) is 1. The first-order valence-corrected chi connectivity index (χ1v) is 8.36. The minimum Gasteiger partial charge on any atom is -0.397 e. The second-order valence-electron chi connectivity index (χ2n) is 5.36. The van der Waals surface area contributed by atoms with Gasteiger partial charge in [0.25, 0.3) is 5.91 Å². The molecule has 2 aromatic rings. The molecule has 1 amide bonds. The first kappa shape index (κ1) is 17.0. The molecule has 0 saturated carbocycles. The van der Waals surface area contributed by atoms with E-state index in [1.165, 1.54) is 38.4 Å². The van der Waals surface area contributed by atoms with Crippen LogP contribution in [0.4, 0.5) is 11.4 Å². The van der Waals surface area contributed by atoms with E-state index in [4.69, 9.17) is 5.73 Å². The Kier molecular flexibility index (Phi) is 4.72. The summed E-state index contributed by atoms with van der Waals surface area (Å²) in [4.78, 5) is 12.4. The lowest BCUT2D eigenvalue weighted by Gasteiger charge is -2.12. The zero-order chi connectivity index (χ0) is 17.2. The van der Waals surface area contributed by atoms with Crippen LogP contribution in [0.3, 0.4) is 0 Å². The number of benzene rings is 2. The van der Waals surface area contributed by atoms with Gasteiger partial charge in [-0.05, 0) is 48.9 Å². The molecule has 0 bridgehead atoms. The Morgan fingerprint density at radius 2 is 1.70 bits per heavy atom. The Hall–Kier alpha value is -2.38. The van der Waals surface area contributed by atoms with Gasteiger partial charge >= 0.3 is 0 Å². The Morgan fingerprint density at radius 1 is 1.09 bits per heavy atom. The molecule has 2 aromatic carbocycles. The first-order chi connectivity index (χ1) is 10.7. The van der Waals surface area contributed by atoms with E-state index in [2.05, 4.69) is 5.32 Å². The van der Waals surface area contributed by atoms with Crippen LogP contribution in [0.15, 0.2) is 47.4 Å². The summed E-state index contributed by atoms with van der Waals surface area (Å²) in [5.74, 6) is -0.352. The molecule has 0 aromatic heterocycles. The van der Waals surface area contributed by atoms with Gasteiger partial charge in [-0.15, -0.1) is 0 Å². The van der Waals surface area contributed by atoms with Crippen LogP contribution in [0.1, 0.15) is 15.9 Å². The summed E-state index contributed by atoms with van der Waals surface area (Å²) in [5.41, 5.74) is 8.21. The molecule has 0 spiro atoms. The maximum atomic E-state index is 12.2. The number of carbonyl (C=O) groups is 1. The van der Waals surface area contributed by atoms with Gasteiger partial charge in [-0.3, -0.25) is 4.79 Å². The van der Waals surface area contributed by atoms with E-state index < -0.39 is 10.0 Å². The number of nitrogen functional groups attached to an aromatic ring is 1. The highest BCUT2D eigenvalue weighted by Crippen LogP contribution is 2.21. The van der Waals surface area contributed by atoms with Crippen LogP contribution >= 0.6 is 0 Å². The van der Waals surface area contributed by atoms with Crippen LogP contribution in [0.25, 0.3) is 0 Å². The van der Waals surface area contributed by atoms with Gasteiger partial charge in [0.1, 0.15) is 0 Å². The van der Waals surface area contributed by atoms with Gasteiger partial charge in [0.15, 0.2) is 0 Å². The van der Waals surface area contributed by atoms with Crippen molar-refractivity contribution in [3.05, 3.63) is 53.6 Å². The lowest BCUT2D eigenvalue weighted by molar-refractivity contribution is 0.102. The molecule has 3 N–H and O–H groups in total. The van der Waals surface area contributed by atoms with Crippen LogP contribution in [0, 0.1) is 6.92 Å². The molecule has 0 unspecified atom stereocenters. The van der Waals surface area contributed by atoms with Crippen molar-refractivity contribution in [1.29, 1.82) is 0 Å². The van der Waals surface area contributed by atoms with Crippen LogP contribution in [0.2, 0.25) is 0 Å². The highest BCUT2D eigenvalue weighted by atomic mass is 32.2. The van der Waals surface area contributed by atoms with E-state index in [1.807, 2.05) is 13.0 Å². The molecular weight excluding hydrogens is 314 g/mol. The van der Waals surface area contributed by atoms with Gasteiger partial charge < -0.3 is 11.1 Å². The van der Waals surface area contributed by atoms with E-state index in [1.54, 1.807) is 12.1 Å². The second-order valence-corrected chi connectivity index (χ2v) is 7.51. The zero-order valence-corrected chi connectivity index (χ0v) is 14.0. The van der Waals surface area contributed by atoms with Crippen molar-refractivity contribution >= 4 is 27.3 Å². The Bertz CT molecular complexity index is 828. The Balaban J connectivity index is 2.21. The Morgan fingerprint density at radius 3 is 2.22 bits per heavy atom. The smallest absolute Gasteiger partial charge is 0.255 e. The summed E-state index contributed by atoms with van der Waals surface area (Å²) in [7, 11) is -0.599. The van der Waals surface area contributed by atoms with Crippen molar-refractivity contribution in [2.75, 3.05) is 25.1 Å². The molecule has 0 atom stereocenters.